The van der Waals surface area contributed by atoms with Gasteiger partial charge in [-0.2, -0.15) is 0 Å². The summed E-state index contributed by atoms with van der Waals surface area (Å²) in [5.41, 5.74) is 1.14. The number of carbonyl (C=O) groups excluding carboxylic acids is 1. The topological polar surface area (TPSA) is 85.8 Å². The van der Waals surface area contributed by atoms with E-state index in [0.717, 1.165) is 17.4 Å². The van der Waals surface area contributed by atoms with Crippen molar-refractivity contribution in [3.8, 4) is 5.75 Å². The molecule has 7 nitrogen and oxygen atoms in total. The number of ether oxygens (including phenoxy) is 1. The Kier molecular flexibility index (Phi) is 4.77. The lowest BCUT2D eigenvalue weighted by molar-refractivity contribution is -0.402. The number of hydrogen-bond acceptors (Lipinski definition) is 5. The number of nitro groups is 1. The van der Waals surface area contributed by atoms with Crippen LogP contribution in [0, 0.1) is 17.0 Å². The summed E-state index contributed by atoms with van der Waals surface area (Å²) in [5.74, 6) is -0.224. The Balaban J connectivity index is 1.85. The van der Waals surface area contributed by atoms with Gasteiger partial charge in [0.2, 0.25) is 0 Å². The van der Waals surface area contributed by atoms with Crippen LogP contribution in [-0.4, -0.2) is 35.9 Å². The molecule has 0 fully saturated rings. The third-order valence-corrected chi connectivity index (χ3v) is 3.05. The first-order valence-corrected chi connectivity index (χ1v) is 6.66. The van der Waals surface area contributed by atoms with E-state index >= 15 is 0 Å². The molecule has 0 aliphatic heterocycles. The minimum absolute atomic E-state index is 0.0652. The number of likely N-dealkylation sites (N-methyl/N-ethyl adjacent to an activating group) is 1. The lowest BCUT2D eigenvalue weighted by Gasteiger charge is -2.16. The minimum atomic E-state index is -0.683. The number of carbonyl (C=O) groups is 1. The Morgan fingerprint density at radius 2 is 1.95 bits per heavy atom. The minimum Gasteiger partial charge on any atom is -0.492 e. The molecule has 0 N–H and O–H groups in total. The lowest BCUT2D eigenvalue weighted by Crippen LogP contribution is -2.30. The second-order valence-corrected chi connectivity index (χ2v) is 4.78. The van der Waals surface area contributed by atoms with Crippen molar-refractivity contribution in [2.75, 3.05) is 20.2 Å². The molecule has 0 radical (unpaired) electrons. The predicted octanol–water partition coefficient (Wildman–Crippen LogP) is 2.65. The maximum Gasteiger partial charge on any atom is 0.433 e. The van der Waals surface area contributed by atoms with Gasteiger partial charge in [-0.1, -0.05) is 17.7 Å². The summed E-state index contributed by atoms with van der Waals surface area (Å²) >= 11 is 0. The largest absolute Gasteiger partial charge is 0.492 e. The molecule has 2 aromatic rings. The van der Waals surface area contributed by atoms with Gasteiger partial charge in [-0.15, -0.1) is 0 Å². The van der Waals surface area contributed by atoms with Crippen molar-refractivity contribution >= 4 is 11.8 Å². The smallest absolute Gasteiger partial charge is 0.433 e. The molecule has 0 bridgehead atoms. The lowest BCUT2D eigenvalue weighted by atomic mass is 10.2. The highest BCUT2D eigenvalue weighted by atomic mass is 16.6. The van der Waals surface area contributed by atoms with Gasteiger partial charge in [-0.25, -0.2) is 0 Å². The van der Waals surface area contributed by atoms with Crippen LogP contribution < -0.4 is 4.74 Å². The number of furan rings is 1. The van der Waals surface area contributed by atoms with Gasteiger partial charge in [0.25, 0.3) is 5.91 Å². The zero-order chi connectivity index (χ0) is 16.1. The fourth-order valence-corrected chi connectivity index (χ4v) is 1.77. The highest BCUT2D eigenvalue weighted by Gasteiger charge is 2.20. The number of benzene rings is 1. The van der Waals surface area contributed by atoms with Crippen LogP contribution in [0.25, 0.3) is 0 Å². The van der Waals surface area contributed by atoms with E-state index in [1.807, 2.05) is 31.2 Å². The van der Waals surface area contributed by atoms with Crippen LogP contribution in [0.3, 0.4) is 0 Å². The van der Waals surface area contributed by atoms with E-state index in [1.54, 1.807) is 7.05 Å². The summed E-state index contributed by atoms with van der Waals surface area (Å²) in [6, 6.07) is 10.0. The molecule has 2 rings (SSSR count). The van der Waals surface area contributed by atoms with Crippen LogP contribution in [0.2, 0.25) is 0 Å². The SMILES string of the molecule is Cc1ccc(OCCN(C)C(=O)c2ccc([N+](=O)[O-])o2)cc1. The standard InChI is InChI=1S/C15H16N2O5/c1-11-3-5-12(6-4-11)21-10-9-16(2)15(18)13-7-8-14(22-13)17(19)20/h3-8H,9-10H2,1-2H3. The highest BCUT2D eigenvalue weighted by Crippen LogP contribution is 2.17. The Labute approximate surface area is 127 Å². The van der Waals surface area contributed by atoms with Gasteiger partial charge in [-0.3, -0.25) is 14.9 Å². The first kappa shape index (κ1) is 15.6. The monoisotopic (exact) mass is 304 g/mol. The van der Waals surface area contributed by atoms with Crippen molar-refractivity contribution in [2.45, 2.75) is 6.92 Å². The van der Waals surface area contributed by atoms with E-state index in [-0.39, 0.29) is 5.76 Å². The number of aryl methyl sites for hydroxylation is 1. The Morgan fingerprint density at radius 3 is 2.55 bits per heavy atom. The zero-order valence-electron chi connectivity index (χ0n) is 12.3. The molecule has 0 atom stereocenters. The highest BCUT2D eigenvalue weighted by molar-refractivity contribution is 5.91. The average Bonchev–Trinajstić information content (AvgIpc) is 2.98. The second kappa shape index (κ2) is 6.75. The molecule has 1 aromatic carbocycles. The molecule has 22 heavy (non-hydrogen) atoms. The summed E-state index contributed by atoms with van der Waals surface area (Å²) in [4.78, 5) is 23.3. The van der Waals surface area contributed by atoms with E-state index in [4.69, 9.17) is 9.15 Å². The van der Waals surface area contributed by atoms with Gasteiger partial charge in [-0.05, 0) is 25.1 Å². The third kappa shape index (κ3) is 3.85. The Bertz CT molecular complexity index is 663. The van der Waals surface area contributed by atoms with Crippen LogP contribution >= 0.6 is 0 Å². The summed E-state index contributed by atoms with van der Waals surface area (Å²) in [6.45, 7) is 2.63. The fourth-order valence-electron chi connectivity index (χ4n) is 1.77. The summed E-state index contributed by atoms with van der Waals surface area (Å²) < 4.78 is 10.4. The fraction of sp³-hybridized carbons (Fsp3) is 0.267. The number of nitrogens with zero attached hydrogens (tertiary/aromatic N) is 2. The van der Waals surface area contributed by atoms with Crippen molar-refractivity contribution < 1.29 is 18.9 Å². The van der Waals surface area contributed by atoms with Crippen molar-refractivity contribution in [3.63, 3.8) is 0 Å². The molecule has 0 saturated heterocycles. The van der Waals surface area contributed by atoms with Gasteiger partial charge in [0.1, 0.15) is 17.3 Å². The molecule has 0 aliphatic rings. The molecule has 0 unspecified atom stereocenters. The van der Waals surface area contributed by atoms with Crippen LogP contribution in [0.5, 0.6) is 5.75 Å². The molecule has 0 saturated carbocycles. The molecule has 7 heteroatoms. The molecular weight excluding hydrogens is 288 g/mol. The van der Waals surface area contributed by atoms with Crippen molar-refractivity contribution in [3.05, 3.63) is 57.8 Å². The molecule has 116 valence electrons. The van der Waals surface area contributed by atoms with Gasteiger partial charge in [0.05, 0.1) is 12.6 Å². The molecule has 1 heterocycles. The third-order valence-electron chi connectivity index (χ3n) is 3.05. The summed E-state index contributed by atoms with van der Waals surface area (Å²) in [5, 5.41) is 10.5. The van der Waals surface area contributed by atoms with Crippen molar-refractivity contribution in [1.29, 1.82) is 0 Å². The maximum atomic E-state index is 12.0. The van der Waals surface area contributed by atoms with E-state index < -0.39 is 16.7 Å². The van der Waals surface area contributed by atoms with Gasteiger partial charge in [0, 0.05) is 7.05 Å². The summed E-state index contributed by atoms with van der Waals surface area (Å²) in [6.07, 6.45) is 0. The molecule has 0 spiro atoms. The van der Waals surface area contributed by atoms with E-state index in [2.05, 4.69) is 0 Å². The number of amides is 1. The molecule has 1 amide bonds. The molecular formula is C15H16N2O5. The van der Waals surface area contributed by atoms with E-state index in [9.17, 15) is 14.9 Å². The number of rotatable bonds is 6. The second-order valence-electron chi connectivity index (χ2n) is 4.78. The van der Waals surface area contributed by atoms with Gasteiger partial charge < -0.3 is 14.1 Å². The van der Waals surface area contributed by atoms with E-state index in [1.165, 1.54) is 11.0 Å². The quantitative estimate of drug-likeness (QED) is 0.605. The summed E-state index contributed by atoms with van der Waals surface area (Å²) in [7, 11) is 1.58. The van der Waals surface area contributed by atoms with Crippen LogP contribution in [0.15, 0.2) is 40.8 Å². The predicted molar refractivity (Wildman–Crippen MR) is 79.0 cm³/mol. The average molecular weight is 304 g/mol. The van der Waals surface area contributed by atoms with Crippen molar-refractivity contribution in [1.82, 2.24) is 4.90 Å². The molecule has 1 aromatic heterocycles. The molecule has 0 aliphatic carbocycles. The Morgan fingerprint density at radius 1 is 1.27 bits per heavy atom. The van der Waals surface area contributed by atoms with Gasteiger partial charge >= 0.3 is 5.88 Å². The van der Waals surface area contributed by atoms with Gasteiger partial charge in [0.15, 0.2) is 5.76 Å². The first-order valence-electron chi connectivity index (χ1n) is 6.66. The Hall–Kier alpha value is -2.83. The van der Waals surface area contributed by atoms with Crippen molar-refractivity contribution in [2.24, 2.45) is 0 Å². The van der Waals surface area contributed by atoms with Crippen LogP contribution in [0.4, 0.5) is 5.88 Å². The normalized spacial score (nSPS) is 10.3. The zero-order valence-corrected chi connectivity index (χ0v) is 12.3. The van der Waals surface area contributed by atoms with Crippen LogP contribution in [-0.2, 0) is 0 Å². The first-order chi connectivity index (χ1) is 10.5. The number of hydrogen-bond donors (Lipinski definition) is 0. The maximum absolute atomic E-state index is 12.0. The van der Waals surface area contributed by atoms with Crippen LogP contribution in [0.1, 0.15) is 16.1 Å². The van der Waals surface area contributed by atoms with E-state index in [0.29, 0.717) is 13.2 Å².